The maximum atomic E-state index is 6.36. The van der Waals surface area contributed by atoms with Crippen molar-refractivity contribution in [2.24, 2.45) is 0 Å². The Morgan fingerprint density at radius 2 is 0.873 bits per heavy atom. The van der Waals surface area contributed by atoms with Crippen LogP contribution in [0.2, 0.25) is 0 Å². The van der Waals surface area contributed by atoms with E-state index < -0.39 is 0 Å². The average molecular weight is 895 g/mol. The largest absolute Gasteiger partial charge is 2.00 e. The molecule has 55 heavy (non-hydrogen) atoms. The van der Waals surface area contributed by atoms with E-state index in [9.17, 15) is 0 Å². The Morgan fingerprint density at radius 3 is 1.38 bits per heavy atom. The maximum Gasteiger partial charge on any atom is 2.00 e. The number of aromatic nitrogens is 7. The van der Waals surface area contributed by atoms with Gasteiger partial charge in [-0.3, -0.25) is 9.97 Å². The van der Waals surface area contributed by atoms with Crippen molar-refractivity contribution in [1.29, 1.82) is 0 Å². The molecule has 0 saturated heterocycles. The van der Waals surface area contributed by atoms with Crippen molar-refractivity contribution >= 4 is 43.6 Å². The molecule has 0 amide bonds. The maximum absolute atomic E-state index is 6.36. The second kappa shape index (κ2) is 15.3. The number of nitrogens with zero attached hydrogens (tertiary/aromatic N) is 7. The van der Waals surface area contributed by atoms with Crippen molar-refractivity contribution in [3.05, 3.63) is 165 Å². The van der Waals surface area contributed by atoms with Crippen molar-refractivity contribution in [2.75, 3.05) is 0 Å². The molecule has 0 saturated carbocycles. The van der Waals surface area contributed by atoms with E-state index in [4.69, 9.17) is 9.47 Å². The van der Waals surface area contributed by atoms with Crippen molar-refractivity contribution in [1.82, 2.24) is 34.5 Å². The first kappa shape index (κ1) is 35.8. The summed E-state index contributed by atoms with van der Waals surface area (Å²) in [6.07, 6.45) is 10.5. The molecule has 10 rings (SSSR count). The molecule has 6 heterocycles. The molecule has 266 valence electrons. The second-order valence-corrected chi connectivity index (χ2v) is 12.1. The molecule has 0 radical (unpaired) electrons. The first-order valence-corrected chi connectivity index (χ1v) is 16.8. The molecule has 0 aliphatic carbocycles. The molecule has 0 atom stereocenters. The Labute approximate surface area is 342 Å². The second-order valence-electron chi connectivity index (χ2n) is 12.1. The Bertz CT molecular complexity index is 2800. The van der Waals surface area contributed by atoms with Crippen LogP contribution in [-0.4, -0.2) is 34.5 Å². The predicted molar refractivity (Wildman–Crippen MR) is 202 cm³/mol. The van der Waals surface area contributed by atoms with Gasteiger partial charge in [-0.2, -0.15) is 22.9 Å². The fourth-order valence-electron chi connectivity index (χ4n) is 6.48. The quantitative estimate of drug-likeness (QED) is 0.115. The number of hydrogen-bond acceptors (Lipinski definition) is 8. The third kappa shape index (κ3) is 6.76. The third-order valence-electron chi connectivity index (χ3n) is 8.81. The Balaban J connectivity index is 0.00000214. The number of pyridine rings is 4. The van der Waals surface area contributed by atoms with E-state index in [2.05, 4.69) is 54.2 Å². The summed E-state index contributed by atoms with van der Waals surface area (Å²) < 4.78 is 14.6. The number of ether oxygens (including phenoxy) is 2. The van der Waals surface area contributed by atoms with Gasteiger partial charge in [0.1, 0.15) is 0 Å². The Morgan fingerprint density at radius 1 is 0.400 bits per heavy atom. The van der Waals surface area contributed by atoms with Crippen LogP contribution in [0, 0.1) is 24.3 Å². The Hall–Kier alpha value is -6.20. The normalized spacial score (nSPS) is 11.0. The molecule has 11 heteroatoms. The number of rotatable bonds is 7. The van der Waals surface area contributed by atoms with Crippen molar-refractivity contribution in [3.63, 3.8) is 0 Å². The summed E-state index contributed by atoms with van der Waals surface area (Å²) >= 11 is 0. The summed E-state index contributed by atoms with van der Waals surface area (Å²) in [5.74, 6) is 2.48. The minimum atomic E-state index is 0. The smallest absolute Gasteiger partial charge is 0.503 e. The Kier molecular flexibility index (Phi) is 9.95. The van der Waals surface area contributed by atoms with Crippen LogP contribution < -0.4 is 9.47 Å². The van der Waals surface area contributed by atoms with E-state index in [1.54, 1.807) is 43.2 Å². The van der Waals surface area contributed by atoms with Gasteiger partial charge in [-0.15, -0.1) is 71.8 Å². The molecule has 4 aromatic carbocycles. The summed E-state index contributed by atoms with van der Waals surface area (Å²) in [5.41, 5.74) is 6.04. The zero-order chi connectivity index (χ0) is 35.1. The van der Waals surface area contributed by atoms with E-state index in [1.807, 2.05) is 102 Å². The topological polar surface area (TPSA) is 101 Å². The molecule has 6 aromatic heterocycles. The molecule has 0 fully saturated rings. The molecular weight excluding hydrogens is 871 g/mol. The average Bonchev–Trinajstić information content (AvgIpc) is 3.53. The number of hydrogen-bond donors (Lipinski definition) is 0. The van der Waals surface area contributed by atoms with Crippen LogP contribution in [0.3, 0.4) is 0 Å². The van der Waals surface area contributed by atoms with Gasteiger partial charge in [0, 0.05) is 71.6 Å². The van der Waals surface area contributed by atoms with Crippen LogP contribution in [0.5, 0.6) is 23.0 Å². The van der Waals surface area contributed by atoms with Crippen molar-refractivity contribution < 1.29 is 50.3 Å². The zero-order valence-corrected chi connectivity index (χ0v) is 31.5. The molecule has 0 aliphatic heterocycles. The fourth-order valence-corrected chi connectivity index (χ4v) is 6.48. The van der Waals surface area contributed by atoms with E-state index in [1.165, 1.54) is 0 Å². The van der Waals surface area contributed by atoms with Gasteiger partial charge in [0.25, 0.3) is 0 Å². The molecule has 0 unspecified atom stereocenters. The van der Waals surface area contributed by atoms with E-state index in [-0.39, 0.29) is 40.8 Å². The van der Waals surface area contributed by atoms with Crippen LogP contribution in [0.1, 0.15) is 0 Å². The standard InChI is InChI=1S/C44H23N7O2.2Pd/c1-6-30(42-40-28(16-22-47-42)8-3-18-45-40)24-32(10-1)52-34-12-14-36-37-15-13-35(27-39(37)51(38(36)26-34)44-49-20-5-21-50-44)53-33-11-2-7-31(25-33)43-41-29(17-23-48-43)9-4-19-46-41;;/h1-23H;;/q-4;2*+2. The summed E-state index contributed by atoms with van der Waals surface area (Å²) in [7, 11) is 0. The summed E-state index contributed by atoms with van der Waals surface area (Å²) in [6.45, 7) is 0. The zero-order valence-electron chi connectivity index (χ0n) is 28.4. The summed E-state index contributed by atoms with van der Waals surface area (Å²) in [5, 5.41) is 3.85. The minimum Gasteiger partial charge on any atom is -0.503 e. The SMILES string of the molecule is [Pd+2].[Pd+2].[c-]1c(Oc2[c-]c3c(cc2)c2ccc(Oc4[c-]c(-c5nccc6cccnc56)ccc4)[c-]c2n3-c2ncccn2)cccc1-c1nccc2cccnc12. The van der Waals surface area contributed by atoms with Gasteiger partial charge in [0.05, 0.1) is 11.0 Å². The van der Waals surface area contributed by atoms with Gasteiger partial charge in [-0.05, 0) is 41.1 Å². The van der Waals surface area contributed by atoms with Crippen molar-refractivity contribution in [2.45, 2.75) is 0 Å². The van der Waals surface area contributed by atoms with Crippen LogP contribution in [-0.2, 0) is 40.8 Å². The monoisotopic (exact) mass is 893 g/mol. The van der Waals surface area contributed by atoms with Crippen LogP contribution >= 0.6 is 0 Å². The van der Waals surface area contributed by atoms with Crippen LogP contribution in [0.15, 0.2) is 140 Å². The van der Waals surface area contributed by atoms with Crippen LogP contribution in [0.4, 0.5) is 0 Å². The molecule has 0 N–H and O–H groups in total. The van der Waals surface area contributed by atoms with Gasteiger partial charge in [-0.1, -0.05) is 35.3 Å². The number of benzene rings is 4. The van der Waals surface area contributed by atoms with Gasteiger partial charge >= 0.3 is 40.8 Å². The van der Waals surface area contributed by atoms with Gasteiger partial charge in [0.15, 0.2) is 0 Å². The predicted octanol–water partition coefficient (Wildman–Crippen LogP) is 9.57. The third-order valence-corrected chi connectivity index (χ3v) is 8.81. The van der Waals surface area contributed by atoms with E-state index in [0.29, 0.717) is 28.9 Å². The minimum absolute atomic E-state index is 0. The molecule has 10 aromatic rings. The fraction of sp³-hybridized carbons (Fsp3) is 0. The first-order valence-electron chi connectivity index (χ1n) is 16.8. The molecule has 0 bridgehead atoms. The van der Waals surface area contributed by atoms with Crippen LogP contribution in [0.25, 0.3) is 72.1 Å². The first-order chi connectivity index (χ1) is 26.2. The molecule has 0 spiro atoms. The summed E-state index contributed by atoms with van der Waals surface area (Å²) in [4.78, 5) is 27.5. The molecule has 0 aliphatic rings. The number of fused-ring (bicyclic) bond motifs is 5. The van der Waals surface area contributed by atoms with Gasteiger partial charge < -0.3 is 24.0 Å². The van der Waals surface area contributed by atoms with Crippen molar-refractivity contribution in [3.8, 4) is 51.5 Å². The summed E-state index contributed by atoms with van der Waals surface area (Å²) in [6, 6.07) is 46.4. The molecule has 9 nitrogen and oxygen atoms in total. The van der Waals surface area contributed by atoms with E-state index in [0.717, 1.165) is 66.1 Å². The van der Waals surface area contributed by atoms with E-state index >= 15 is 0 Å². The van der Waals surface area contributed by atoms with Gasteiger partial charge in [0.2, 0.25) is 5.95 Å². The van der Waals surface area contributed by atoms with Gasteiger partial charge in [-0.25, -0.2) is 9.97 Å². The molecular formula is C44H23N7O2Pd2.